The zero-order chi connectivity index (χ0) is 14.2. The predicted molar refractivity (Wildman–Crippen MR) is 74.9 cm³/mol. The first-order valence-electron chi connectivity index (χ1n) is 7.03. The normalized spacial score (nSPS) is 21.4. The van der Waals surface area contributed by atoms with Crippen LogP contribution in [-0.2, 0) is 26.0 Å². The lowest BCUT2D eigenvalue weighted by Crippen LogP contribution is -2.42. The largest absolute Gasteiger partial charge is 0.374 e. The second-order valence-corrected chi connectivity index (χ2v) is 8.16. The molecule has 2 aliphatic rings. The molecule has 0 aromatic heterocycles. The summed E-state index contributed by atoms with van der Waals surface area (Å²) in [7, 11) is -3.05. The number of ether oxygens (including phenoxy) is 1. The summed E-state index contributed by atoms with van der Waals surface area (Å²) in [6.07, 6.45) is 3.13. The zero-order valence-corrected chi connectivity index (χ0v) is 12.2. The van der Waals surface area contributed by atoms with Crippen molar-refractivity contribution in [3.63, 3.8) is 0 Å². The van der Waals surface area contributed by atoms with Gasteiger partial charge < -0.3 is 4.74 Å². The highest BCUT2D eigenvalue weighted by molar-refractivity contribution is 7.90. The van der Waals surface area contributed by atoms with Crippen LogP contribution in [0.5, 0.6) is 0 Å². The molecule has 5 heteroatoms. The van der Waals surface area contributed by atoms with Gasteiger partial charge in [-0.15, -0.1) is 0 Å². The third kappa shape index (κ3) is 3.20. The molecule has 20 heavy (non-hydrogen) atoms. The Labute approximate surface area is 119 Å². The fourth-order valence-corrected chi connectivity index (χ4v) is 3.96. The molecule has 3 nitrogen and oxygen atoms in total. The first-order chi connectivity index (χ1) is 9.47. The average Bonchev–Trinajstić information content (AvgIpc) is 3.18. The van der Waals surface area contributed by atoms with Crippen LogP contribution in [0, 0.1) is 5.92 Å². The molecule has 1 aromatic carbocycles. The van der Waals surface area contributed by atoms with Crippen molar-refractivity contribution in [2.75, 3.05) is 19.0 Å². The molecule has 1 heterocycles. The van der Waals surface area contributed by atoms with E-state index in [0.29, 0.717) is 11.5 Å². The molecule has 1 aromatic rings. The van der Waals surface area contributed by atoms with Crippen molar-refractivity contribution in [2.24, 2.45) is 5.92 Å². The van der Waals surface area contributed by atoms with E-state index in [4.69, 9.17) is 4.74 Å². The molecule has 3 rings (SSSR count). The van der Waals surface area contributed by atoms with Gasteiger partial charge in [0, 0.05) is 0 Å². The Bertz CT molecular complexity index is 572. The van der Waals surface area contributed by atoms with Crippen LogP contribution in [0.4, 0.5) is 4.39 Å². The highest BCUT2D eigenvalue weighted by Gasteiger charge is 2.40. The van der Waals surface area contributed by atoms with Crippen LogP contribution in [0.15, 0.2) is 24.3 Å². The SMILES string of the molecule is O=S(=O)(CCC1CC1)Cc1ccc(C2(F)COC2)cc1. The van der Waals surface area contributed by atoms with Crippen LogP contribution in [0.25, 0.3) is 0 Å². The van der Waals surface area contributed by atoms with Gasteiger partial charge in [-0.2, -0.15) is 0 Å². The topological polar surface area (TPSA) is 43.4 Å². The van der Waals surface area contributed by atoms with Gasteiger partial charge in [-0.3, -0.25) is 0 Å². The van der Waals surface area contributed by atoms with Crippen LogP contribution in [-0.4, -0.2) is 27.4 Å². The molecule has 1 aliphatic carbocycles. The third-order valence-corrected chi connectivity index (χ3v) is 5.68. The minimum absolute atomic E-state index is 0.0514. The van der Waals surface area contributed by atoms with E-state index in [0.717, 1.165) is 12.0 Å². The number of hydrogen-bond acceptors (Lipinski definition) is 3. The zero-order valence-electron chi connectivity index (χ0n) is 11.3. The van der Waals surface area contributed by atoms with Crippen LogP contribution in [0.1, 0.15) is 30.4 Å². The summed E-state index contributed by atoms with van der Waals surface area (Å²) in [4.78, 5) is 0. The molecular weight excluding hydrogens is 279 g/mol. The Morgan fingerprint density at radius 3 is 2.35 bits per heavy atom. The van der Waals surface area contributed by atoms with Crippen molar-refractivity contribution in [3.05, 3.63) is 35.4 Å². The maximum absolute atomic E-state index is 14.1. The molecule has 1 saturated carbocycles. The number of halogens is 1. The molecule has 0 unspecified atom stereocenters. The highest BCUT2D eigenvalue weighted by Crippen LogP contribution is 2.34. The molecule has 0 bridgehead atoms. The van der Waals surface area contributed by atoms with Gasteiger partial charge in [0.1, 0.15) is 0 Å². The van der Waals surface area contributed by atoms with Gasteiger partial charge in [-0.1, -0.05) is 37.1 Å². The van der Waals surface area contributed by atoms with E-state index in [-0.39, 0.29) is 24.7 Å². The fourth-order valence-electron chi connectivity index (χ4n) is 2.43. The monoisotopic (exact) mass is 298 g/mol. The van der Waals surface area contributed by atoms with Crippen molar-refractivity contribution in [1.82, 2.24) is 0 Å². The van der Waals surface area contributed by atoms with E-state index in [1.807, 2.05) is 0 Å². The molecule has 0 spiro atoms. The van der Waals surface area contributed by atoms with Crippen LogP contribution in [0.2, 0.25) is 0 Å². The van der Waals surface area contributed by atoms with Crippen molar-refractivity contribution >= 4 is 9.84 Å². The summed E-state index contributed by atoms with van der Waals surface area (Å²) in [6.45, 7) is 0.179. The molecule has 0 atom stereocenters. The number of hydrogen-bond donors (Lipinski definition) is 0. The number of rotatable bonds is 6. The van der Waals surface area contributed by atoms with Crippen LogP contribution >= 0.6 is 0 Å². The van der Waals surface area contributed by atoms with Crippen molar-refractivity contribution in [3.8, 4) is 0 Å². The van der Waals surface area contributed by atoms with Crippen LogP contribution in [0.3, 0.4) is 0 Å². The average molecular weight is 298 g/mol. The number of sulfone groups is 1. The van der Waals surface area contributed by atoms with E-state index in [1.165, 1.54) is 12.8 Å². The lowest BCUT2D eigenvalue weighted by atomic mass is 9.93. The number of alkyl halides is 1. The van der Waals surface area contributed by atoms with Gasteiger partial charge in [-0.05, 0) is 23.5 Å². The summed E-state index contributed by atoms with van der Waals surface area (Å²) in [5, 5.41) is 0. The summed E-state index contributed by atoms with van der Waals surface area (Å²) >= 11 is 0. The quantitative estimate of drug-likeness (QED) is 0.811. The Hall–Kier alpha value is -0.940. The lowest BCUT2D eigenvalue weighted by molar-refractivity contribution is -0.135. The molecule has 1 aliphatic heterocycles. The van der Waals surface area contributed by atoms with Crippen LogP contribution < -0.4 is 0 Å². The summed E-state index contributed by atoms with van der Waals surface area (Å²) in [5.74, 6) is 0.938. The molecule has 0 radical (unpaired) electrons. The van der Waals surface area contributed by atoms with Crippen molar-refractivity contribution < 1.29 is 17.5 Å². The van der Waals surface area contributed by atoms with Gasteiger partial charge in [0.25, 0.3) is 0 Å². The standard InChI is InChI=1S/C15H19FO3S/c16-15(10-19-11-15)14-5-3-13(4-6-14)9-20(17,18)8-7-12-1-2-12/h3-6,12H,1-2,7-11H2. The Morgan fingerprint density at radius 2 is 1.85 bits per heavy atom. The molecule has 1 saturated heterocycles. The first kappa shape index (κ1) is 14.0. The van der Waals surface area contributed by atoms with Gasteiger partial charge in [0.15, 0.2) is 15.5 Å². The maximum atomic E-state index is 14.1. The van der Waals surface area contributed by atoms with E-state index in [9.17, 15) is 12.8 Å². The van der Waals surface area contributed by atoms with Crippen molar-refractivity contribution in [2.45, 2.75) is 30.7 Å². The second-order valence-electron chi connectivity index (χ2n) is 5.98. The van der Waals surface area contributed by atoms with Gasteiger partial charge in [-0.25, -0.2) is 12.8 Å². The van der Waals surface area contributed by atoms with Gasteiger partial charge in [0.05, 0.1) is 24.7 Å². The van der Waals surface area contributed by atoms with Crippen molar-refractivity contribution in [1.29, 1.82) is 0 Å². The smallest absolute Gasteiger partial charge is 0.182 e. The van der Waals surface area contributed by atoms with E-state index in [1.54, 1.807) is 24.3 Å². The predicted octanol–water partition coefficient (Wildman–Crippen LogP) is 2.60. The Balaban J connectivity index is 1.62. The molecule has 0 amide bonds. The molecule has 0 N–H and O–H groups in total. The van der Waals surface area contributed by atoms with Gasteiger partial charge in [0.2, 0.25) is 0 Å². The molecule has 2 fully saturated rings. The Morgan fingerprint density at radius 1 is 1.20 bits per heavy atom. The minimum Gasteiger partial charge on any atom is -0.374 e. The fraction of sp³-hybridized carbons (Fsp3) is 0.600. The minimum atomic E-state index is -3.05. The number of benzene rings is 1. The Kier molecular flexibility index (Phi) is 3.58. The molecular formula is C15H19FO3S. The third-order valence-electron chi connectivity index (χ3n) is 4.05. The maximum Gasteiger partial charge on any atom is 0.182 e. The first-order valence-corrected chi connectivity index (χ1v) is 8.86. The van der Waals surface area contributed by atoms with E-state index >= 15 is 0 Å². The summed E-state index contributed by atoms with van der Waals surface area (Å²) in [6, 6.07) is 6.77. The van der Waals surface area contributed by atoms with E-state index < -0.39 is 15.5 Å². The van der Waals surface area contributed by atoms with Gasteiger partial charge >= 0.3 is 0 Å². The summed E-state index contributed by atoms with van der Waals surface area (Å²) in [5.41, 5.74) is -0.0834. The van der Waals surface area contributed by atoms with E-state index in [2.05, 4.69) is 0 Å². The summed E-state index contributed by atoms with van der Waals surface area (Å²) < 4.78 is 42.9. The lowest BCUT2D eigenvalue weighted by Gasteiger charge is -2.34. The second kappa shape index (κ2) is 5.11. The highest BCUT2D eigenvalue weighted by atomic mass is 32.2. The molecule has 110 valence electrons.